The molecule has 2 rings (SSSR count). The quantitative estimate of drug-likeness (QED) is 0.895. The van der Waals surface area contributed by atoms with E-state index in [-0.39, 0.29) is 0 Å². The standard InChI is InChI=1S/C14H21N3S/c1-5-17-9-15-7-13(17)8-16-11(3)14-6-10(2)18-12(14)4/h6-7,9,11,16H,5,8H2,1-4H3. The van der Waals surface area contributed by atoms with Gasteiger partial charge in [-0.15, -0.1) is 11.3 Å². The van der Waals surface area contributed by atoms with Gasteiger partial charge >= 0.3 is 0 Å². The zero-order valence-corrected chi connectivity index (χ0v) is 12.3. The molecular weight excluding hydrogens is 242 g/mol. The lowest BCUT2D eigenvalue weighted by atomic mass is 10.1. The van der Waals surface area contributed by atoms with E-state index < -0.39 is 0 Å². The number of imidazole rings is 1. The van der Waals surface area contributed by atoms with Crippen LogP contribution in [-0.4, -0.2) is 9.55 Å². The van der Waals surface area contributed by atoms with Gasteiger partial charge in [-0.1, -0.05) is 0 Å². The van der Waals surface area contributed by atoms with Crippen molar-refractivity contribution in [3.8, 4) is 0 Å². The Morgan fingerprint density at radius 3 is 2.83 bits per heavy atom. The Bertz CT molecular complexity index is 513. The molecule has 0 saturated heterocycles. The highest BCUT2D eigenvalue weighted by Gasteiger charge is 2.11. The van der Waals surface area contributed by atoms with Gasteiger partial charge in [0.1, 0.15) is 0 Å². The predicted octanol–water partition coefficient (Wildman–Crippen LogP) is 3.43. The second kappa shape index (κ2) is 5.67. The normalized spacial score (nSPS) is 12.9. The molecule has 0 radical (unpaired) electrons. The van der Waals surface area contributed by atoms with E-state index in [0.29, 0.717) is 6.04 Å². The van der Waals surface area contributed by atoms with Crippen molar-refractivity contribution >= 4 is 11.3 Å². The summed E-state index contributed by atoms with van der Waals surface area (Å²) in [4.78, 5) is 6.99. The molecule has 0 saturated carbocycles. The SMILES string of the molecule is CCn1cncc1CNC(C)c1cc(C)sc1C. The topological polar surface area (TPSA) is 29.9 Å². The lowest BCUT2D eigenvalue weighted by Crippen LogP contribution is -2.20. The van der Waals surface area contributed by atoms with E-state index in [9.17, 15) is 0 Å². The van der Waals surface area contributed by atoms with Crippen molar-refractivity contribution in [2.24, 2.45) is 0 Å². The average molecular weight is 263 g/mol. The number of aromatic nitrogens is 2. The second-order valence-corrected chi connectivity index (χ2v) is 6.10. The summed E-state index contributed by atoms with van der Waals surface area (Å²) < 4.78 is 2.17. The summed E-state index contributed by atoms with van der Waals surface area (Å²) in [7, 11) is 0. The summed E-state index contributed by atoms with van der Waals surface area (Å²) in [6, 6.07) is 2.67. The highest BCUT2D eigenvalue weighted by molar-refractivity contribution is 7.12. The zero-order valence-electron chi connectivity index (χ0n) is 11.5. The maximum atomic E-state index is 4.19. The first-order chi connectivity index (χ1) is 8.61. The fourth-order valence-corrected chi connectivity index (χ4v) is 3.25. The molecule has 4 heteroatoms. The molecule has 0 fully saturated rings. The lowest BCUT2D eigenvalue weighted by molar-refractivity contribution is 0.549. The number of hydrogen-bond donors (Lipinski definition) is 1. The summed E-state index contributed by atoms with van der Waals surface area (Å²) in [5.41, 5.74) is 2.66. The number of hydrogen-bond acceptors (Lipinski definition) is 3. The van der Waals surface area contributed by atoms with E-state index in [1.54, 1.807) is 0 Å². The van der Waals surface area contributed by atoms with Crippen LogP contribution in [0.4, 0.5) is 0 Å². The first-order valence-electron chi connectivity index (χ1n) is 6.41. The summed E-state index contributed by atoms with van der Waals surface area (Å²) in [6.45, 7) is 10.6. The predicted molar refractivity (Wildman–Crippen MR) is 76.9 cm³/mol. The van der Waals surface area contributed by atoms with Gasteiger partial charge in [-0.3, -0.25) is 0 Å². The van der Waals surface area contributed by atoms with E-state index in [4.69, 9.17) is 0 Å². The van der Waals surface area contributed by atoms with Crippen molar-refractivity contribution in [2.45, 2.75) is 46.8 Å². The highest BCUT2D eigenvalue weighted by atomic mass is 32.1. The third kappa shape index (κ3) is 2.82. The molecule has 98 valence electrons. The van der Waals surface area contributed by atoms with Gasteiger partial charge in [0.15, 0.2) is 0 Å². The maximum absolute atomic E-state index is 4.19. The number of aryl methyl sites for hydroxylation is 3. The minimum absolute atomic E-state index is 0.384. The van der Waals surface area contributed by atoms with E-state index in [2.05, 4.69) is 48.6 Å². The molecule has 0 bridgehead atoms. The molecule has 0 aliphatic rings. The molecule has 0 aliphatic carbocycles. The smallest absolute Gasteiger partial charge is 0.0948 e. The van der Waals surface area contributed by atoms with Gasteiger partial charge in [0.05, 0.1) is 12.0 Å². The Kier molecular flexibility index (Phi) is 4.19. The molecule has 0 aromatic carbocycles. The van der Waals surface area contributed by atoms with Gasteiger partial charge in [-0.05, 0) is 39.3 Å². The lowest BCUT2D eigenvalue weighted by Gasteiger charge is -2.14. The number of rotatable bonds is 5. The van der Waals surface area contributed by atoms with Gasteiger partial charge in [0.2, 0.25) is 0 Å². The van der Waals surface area contributed by atoms with Crippen molar-refractivity contribution in [3.05, 3.63) is 39.6 Å². The summed E-state index contributed by atoms with van der Waals surface area (Å²) in [6.07, 6.45) is 3.83. The van der Waals surface area contributed by atoms with E-state index in [1.807, 2.05) is 23.9 Å². The van der Waals surface area contributed by atoms with Gasteiger partial charge in [-0.2, -0.15) is 0 Å². The fraction of sp³-hybridized carbons (Fsp3) is 0.500. The third-order valence-electron chi connectivity index (χ3n) is 3.27. The summed E-state index contributed by atoms with van der Waals surface area (Å²) in [5, 5.41) is 3.58. The van der Waals surface area contributed by atoms with Crippen LogP contribution in [0.3, 0.4) is 0 Å². The van der Waals surface area contributed by atoms with Gasteiger partial charge in [-0.25, -0.2) is 4.98 Å². The molecule has 1 atom stereocenters. The zero-order chi connectivity index (χ0) is 13.1. The average Bonchev–Trinajstić information content (AvgIpc) is 2.92. The van der Waals surface area contributed by atoms with Crippen LogP contribution in [-0.2, 0) is 13.1 Å². The van der Waals surface area contributed by atoms with Crippen molar-refractivity contribution in [1.29, 1.82) is 0 Å². The fourth-order valence-electron chi connectivity index (χ4n) is 2.23. The van der Waals surface area contributed by atoms with Crippen LogP contribution >= 0.6 is 11.3 Å². The molecule has 3 nitrogen and oxygen atoms in total. The summed E-state index contributed by atoms with van der Waals surface area (Å²) >= 11 is 1.87. The van der Waals surface area contributed by atoms with Crippen LogP contribution in [0.2, 0.25) is 0 Å². The van der Waals surface area contributed by atoms with Crippen LogP contribution in [0.25, 0.3) is 0 Å². The third-order valence-corrected chi connectivity index (χ3v) is 4.26. The van der Waals surface area contributed by atoms with E-state index >= 15 is 0 Å². The maximum Gasteiger partial charge on any atom is 0.0948 e. The molecule has 2 aromatic rings. The monoisotopic (exact) mass is 263 g/mol. The van der Waals surface area contributed by atoms with Gasteiger partial charge in [0.25, 0.3) is 0 Å². The van der Waals surface area contributed by atoms with Crippen LogP contribution in [0.15, 0.2) is 18.6 Å². The number of nitrogens with one attached hydrogen (secondary N) is 1. The Morgan fingerprint density at radius 2 is 2.22 bits per heavy atom. The molecular formula is C14H21N3S. The molecule has 2 aromatic heterocycles. The Hall–Kier alpha value is -1.13. The molecule has 0 aliphatic heterocycles. The minimum atomic E-state index is 0.384. The van der Waals surface area contributed by atoms with Gasteiger partial charge < -0.3 is 9.88 Å². The molecule has 18 heavy (non-hydrogen) atoms. The van der Waals surface area contributed by atoms with E-state index in [1.165, 1.54) is 21.0 Å². The van der Waals surface area contributed by atoms with Crippen molar-refractivity contribution in [2.75, 3.05) is 0 Å². The van der Waals surface area contributed by atoms with Crippen LogP contribution < -0.4 is 5.32 Å². The van der Waals surface area contributed by atoms with E-state index in [0.717, 1.165) is 13.1 Å². The number of thiophene rings is 1. The Balaban J connectivity index is 2.00. The van der Waals surface area contributed by atoms with Crippen molar-refractivity contribution < 1.29 is 0 Å². The highest BCUT2D eigenvalue weighted by Crippen LogP contribution is 2.26. The molecule has 2 heterocycles. The van der Waals surface area contributed by atoms with Crippen LogP contribution in [0.1, 0.15) is 40.9 Å². The molecule has 1 unspecified atom stereocenters. The first kappa shape index (κ1) is 13.3. The van der Waals surface area contributed by atoms with Crippen molar-refractivity contribution in [1.82, 2.24) is 14.9 Å². The molecule has 0 amide bonds. The summed E-state index contributed by atoms with van der Waals surface area (Å²) in [5.74, 6) is 0. The van der Waals surface area contributed by atoms with Crippen molar-refractivity contribution in [3.63, 3.8) is 0 Å². The molecule has 1 N–H and O–H groups in total. The van der Waals surface area contributed by atoms with Gasteiger partial charge in [0, 0.05) is 35.1 Å². The first-order valence-corrected chi connectivity index (χ1v) is 7.22. The largest absolute Gasteiger partial charge is 0.334 e. The van der Waals surface area contributed by atoms with Crippen LogP contribution in [0.5, 0.6) is 0 Å². The Labute approximate surface area is 113 Å². The molecule has 0 spiro atoms. The minimum Gasteiger partial charge on any atom is -0.334 e. The van der Waals surface area contributed by atoms with Crippen LogP contribution in [0, 0.1) is 13.8 Å². The second-order valence-electron chi connectivity index (χ2n) is 4.64. The Morgan fingerprint density at radius 1 is 1.44 bits per heavy atom. The number of nitrogens with zero attached hydrogens (tertiary/aromatic N) is 2.